The minimum atomic E-state index is -0.0383. The van der Waals surface area contributed by atoms with Crippen molar-refractivity contribution in [2.24, 2.45) is 0 Å². The zero-order chi connectivity index (χ0) is 19.7. The molecular formula is C25H23NO2. The molecule has 140 valence electrons. The van der Waals surface area contributed by atoms with E-state index in [9.17, 15) is 9.59 Å². The van der Waals surface area contributed by atoms with Gasteiger partial charge in [-0.15, -0.1) is 0 Å². The van der Waals surface area contributed by atoms with Gasteiger partial charge in [-0.2, -0.15) is 0 Å². The molecule has 0 fully saturated rings. The Balaban J connectivity index is 1.80. The van der Waals surface area contributed by atoms with Crippen LogP contribution in [0.4, 0.5) is 0 Å². The fourth-order valence-corrected chi connectivity index (χ4v) is 3.72. The molecule has 0 aliphatic rings. The fraction of sp³-hybridized carbons (Fsp3) is 0.200. The molecule has 0 spiro atoms. The summed E-state index contributed by atoms with van der Waals surface area (Å²) in [7, 11) is 0. The number of para-hydroxylation sites is 2. The average molecular weight is 369 g/mol. The minimum Gasteiger partial charge on any atom is -0.288 e. The van der Waals surface area contributed by atoms with Crippen molar-refractivity contribution in [3.8, 4) is 0 Å². The van der Waals surface area contributed by atoms with Crippen LogP contribution in [0.1, 0.15) is 42.1 Å². The Morgan fingerprint density at radius 1 is 0.857 bits per heavy atom. The summed E-state index contributed by atoms with van der Waals surface area (Å²) in [6.45, 7) is 4.38. The highest BCUT2D eigenvalue weighted by atomic mass is 16.2. The predicted molar refractivity (Wildman–Crippen MR) is 115 cm³/mol. The van der Waals surface area contributed by atoms with Gasteiger partial charge in [0.1, 0.15) is 0 Å². The molecule has 1 heterocycles. The first-order valence-corrected chi connectivity index (χ1v) is 9.74. The molecule has 3 aromatic carbocycles. The van der Waals surface area contributed by atoms with Crippen molar-refractivity contribution in [3.63, 3.8) is 0 Å². The maximum absolute atomic E-state index is 13.3. The standard InChI is InChI=1S/C25H23NO2/c1-3-17(2)19-14-12-18(13-15-19)16-24(27)26-22-10-6-4-8-20(22)25(28)21-9-5-7-11-23(21)26/h4-15,17H,3,16H2,1-2H3. The summed E-state index contributed by atoms with van der Waals surface area (Å²) in [4.78, 5) is 26.1. The van der Waals surface area contributed by atoms with E-state index in [1.54, 1.807) is 16.7 Å². The van der Waals surface area contributed by atoms with Crippen LogP contribution < -0.4 is 5.43 Å². The lowest BCUT2D eigenvalue weighted by Crippen LogP contribution is -2.19. The van der Waals surface area contributed by atoms with E-state index in [-0.39, 0.29) is 17.8 Å². The third kappa shape index (κ3) is 3.13. The maximum atomic E-state index is 13.3. The van der Waals surface area contributed by atoms with E-state index in [1.807, 2.05) is 48.5 Å². The Morgan fingerprint density at radius 3 is 1.93 bits per heavy atom. The number of rotatable bonds is 4. The van der Waals surface area contributed by atoms with Crippen molar-refractivity contribution in [1.82, 2.24) is 4.57 Å². The summed E-state index contributed by atoms with van der Waals surface area (Å²) in [5.41, 5.74) is 3.55. The summed E-state index contributed by atoms with van der Waals surface area (Å²) in [6.07, 6.45) is 1.38. The minimum absolute atomic E-state index is 0.0341. The SMILES string of the molecule is CCC(C)c1ccc(CC(=O)n2c3ccccc3c(=O)c3ccccc32)cc1. The van der Waals surface area contributed by atoms with Crippen molar-refractivity contribution in [2.45, 2.75) is 32.6 Å². The fourth-order valence-electron chi connectivity index (χ4n) is 3.72. The number of benzene rings is 3. The van der Waals surface area contributed by atoms with Gasteiger partial charge in [0.2, 0.25) is 5.91 Å². The second-order valence-electron chi connectivity index (χ2n) is 7.32. The molecule has 0 amide bonds. The van der Waals surface area contributed by atoms with Gasteiger partial charge in [0.15, 0.2) is 5.43 Å². The maximum Gasteiger partial charge on any atom is 0.236 e. The van der Waals surface area contributed by atoms with Gasteiger partial charge in [-0.1, -0.05) is 62.4 Å². The quantitative estimate of drug-likeness (QED) is 0.442. The third-order valence-corrected chi connectivity index (χ3v) is 5.55. The van der Waals surface area contributed by atoms with Crippen molar-refractivity contribution < 1.29 is 4.79 Å². The molecule has 3 heteroatoms. The molecule has 1 atom stereocenters. The summed E-state index contributed by atoms with van der Waals surface area (Å²) < 4.78 is 1.69. The third-order valence-electron chi connectivity index (χ3n) is 5.55. The van der Waals surface area contributed by atoms with Gasteiger partial charge >= 0.3 is 0 Å². The number of nitrogens with zero attached hydrogens (tertiary/aromatic N) is 1. The Bertz CT molecular complexity index is 1160. The Kier molecular flexibility index (Phi) is 4.82. The molecule has 0 radical (unpaired) electrons. The lowest BCUT2D eigenvalue weighted by molar-refractivity contribution is 0.0924. The van der Waals surface area contributed by atoms with Gasteiger partial charge in [0.05, 0.1) is 17.5 Å². The van der Waals surface area contributed by atoms with Crippen LogP contribution in [0, 0.1) is 0 Å². The number of fused-ring (bicyclic) bond motifs is 2. The van der Waals surface area contributed by atoms with Gasteiger partial charge < -0.3 is 0 Å². The van der Waals surface area contributed by atoms with Crippen LogP contribution in [0.25, 0.3) is 21.8 Å². The lowest BCUT2D eigenvalue weighted by atomic mass is 9.97. The van der Waals surface area contributed by atoms with E-state index in [0.717, 1.165) is 12.0 Å². The molecule has 0 aliphatic carbocycles. The first kappa shape index (κ1) is 18.2. The number of hydrogen-bond donors (Lipinski definition) is 0. The molecule has 4 aromatic rings. The van der Waals surface area contributed by atoms with Crippen molar-refractivity contribution in [1.29, 1.82) is 0 Å². The summed E-state index contributed by atoms with van der Waals surface area (Å²) in [5.74, 6) is 0.473. The number of aromatic nitrogens is 1. The number of hydrogen-bond acceptors (Lipinski definition) is 2. The molecule has 0 saturated carbocycles. The van der Waals surface area contributed by atoms with Gasteiger partial charge in [0, 0.05) is 10.8 Å². The van der Waals surface area contributed by atoms with Crippen LogP contribution in [0.3, 0.4) is 0 Å². The largest absolute Gasteiger partial charge is 0.288 e. The van der Waals surface area contributed by atoms with E-state index >= 15 is 0 Å². The normalized spacial score (nSPS) is 12.4. The van der Waals surface area contributed by atoms with Crippen LogP contribution in [0.15, 0.2) is 77.6 Å². The smallest absolute Gasteiger partial charge is 0.236 e. The molecule has 28 heavy (non-hydrogen) atoms. The topological polar surface area (TPSA) is 39.1 Å². The molecule has 1 unspecified atom stereocenters. The van der Waals surface area contributed by atoms with E-state index < -0.39 is 0 Å². The molecule has 0 saturated heterocycles. The second-order valence-corrected chi connectivity index (χ2v) is 7.32. The van der Waals surface area contributed by atoms with Gasteiger partial charge in [-0.25, -0.2) is 0 Å². The predicted octanol–water partition coefficient (Wildman–Crippen LogP) is 5.55. The van der Waals surface area contributed by atoms with Gasteiger partial charge in [0.25, 0.3) is 0 Å². The Labute approximate surface area is 164 Å². The average Bonchev–Trinajstić information content (AvgIpc) is 2.74. The summed E-state index contributed by atoms with van der Waals surface area (Å²) in [6, 6.07) is 22.9. The van der Waals surface area contributed by atoms with Crippen molar-refractivity contribution >= 4 is 27.7 Å². The highest BCUT2D eigenvalue weighted by Gasteiger charge is 2.16. The van der Waals surface area contributed by atoms with E-state index in [2.05, 4.69) is 26.0 Å². The highest BCUT2D eigenvalue weighted by molar-refractivity contribution is 6.03. The number of carbonyl (C=O) groups excluding carboxylic acids is 1. The number of carbonyl (C=O) groups is 1. The summed E-state index contributed by atoms with van der Waals surface area (Å²) >= 11 is 0. The van der Waals surface area contributed by atoms with Crippen molar-refractivity contribution in [2.75, 3.05) is 0 Å². The Hall–Kier alpha value is -3.20. The molecule has 4 rings (SSSR count). The first-order chi connectivity index (χ1) is 13.6. The molecular weight excluding hydrogens is 346 g/mol. The van der Waals surface area contributed by atoms with Crippen LogP contribution in [-0.4, -0.2) is 10.5 Å². The molecule has 0 bridgehead atoms. The molecule has 0 N–H and O–H groups in total. The van der Waals surface area contributed by atoms with Crippen molar-refractivity contribution in [3.05, 3.63) is 94.1 Å². The lowest BCUT2D eigenvalue weighted by Gasteiger charge is -2.14. The second kappa shape index (κ2) is 7.43. The van der Waals surface area contributed by atoms with E-state index in [0.29, 0.717) is 27.7 Å². The number of pyridine rings is 1. The summed E-state index contributed by atoms with van der Waals surface area (Å²) in [5, 5.41) is 1.14. The van der Waals surface area contributed by atoms with Gasteiger partial charge in [-0.05, 0) is 47.7 Å². The molecule has 3 nitrogen and oxygen atoms in total. The van der Waals surface area contributed by atoms with Crippen LogP contribution >= 0.6 is 0 Å². The molecule has 0 aliphatic heterocycles. The monoisotopic (exact) mass is 369 g/mol. The highest BCUT2D eigenvalue weighted by Crippen LogP contribution is 2.22. The molecule has 1 aromatic heterocycles. The zero-order valence-electron chi connectivity index (χ0n) is 16.2. The van der Waals surface area contributed by atoms with E-state index in [4.69, 9.17) is 0 Å². The van der Waals surface area contributed by atoms with Crippen LogP contribution in [-0.2, 0) is 6.42 Å². The van der Waals surface area contributed by atoms with E-state index in [1.165, 1.54) is 5.56 Å². The zero-order valence-corrected chi connectivity index (χ0v) is 16.2. The van der Waals surface area contributed by atoms with Gasteiger partial charge in [-0.3, -0.25) is 14.2 Å². The first-order valence-electron chi connectivity index (χ1n) is 9.74. The van der Waals surface area contributed by atoms with Crippen LogP contribution in [0.5, 0.6) is 0 Å². The van der Waals surface area contributed by atoms with Crippen LogP contribution in [0.2, 0.25) is 0 Å². The Morgan fingerprint density at radius 2 is 1.39 bits per heavy atom.